The van der Waals surface area contributed by atoms with Crippen LogP contribution in [-0.2, 0) is 4.79 Å². The minimum absolute atomic E-state index is 0.00747. The lowest BCUT2D eigenvalue weighted by molar-refractivity contribution is -0.129. The lowest BCUT2D eigenvalue weighted by Crippen LogP contribution is -2.57. The molecule has 6 heteroatoms. The van der Waals surface area contributed by atoms with E-state index >= 15 is 0 Å². The first kappa shape index (κ1) is 17.9. The highest BCUT2D eigenvalue weighted by Crippen LogP contribution is 2.37. The summed E-state index contributed by atoms with van der Waals surface area (Å²) in [5.41, 5.74) is 1.60. The van der Waals surface area contributed by atoms with Gasteiger partial charge in [-0.1, -0.05) is 0 Å². The molecule has 0 aliphatic carbocycles. The Bertz CT molecular complexity index is 857. The lowest BCUT2D eigenvalue weighted by atomic mass is 9.88. The molecule has 4 rings (SSSR count). The van der Waals surface area contributed by atoms with Gasteiger partial charge in [0.2, 0.25) is 5.91 Å². The van der Waals surface area contributed by atoms with Gasteiger partial charge in [0.25, 0.3) is 0 Å². The Morgan fingerprint density at radius 1 is 1.30 bits per heavy atom. The van der Waals surface area contributed by atoms with Gasteiger partial charge in [0.15, 0.2) is 0 Å². The number of carbonyl (C=O) groups excluding carboxylic acids is 1. The topological polar surface area (TPSA) is 63.2 Å². The largest absolute Gasteiger partial charge is 0.494 e. The number of piperidine rings is 1. The Labute approximate surface area is 158 Å². The Morgan fingerprint density at radius 3 is 3.00 bits per heavy atom. The zero-order valence-corrected chi connectivity index (χ0v) is 15.4. The van der Waals surface area contributed by atoms with E-state index in [0.29, 0.717) is 17.9 Å². The molecule has 0 bridgehead atoms. The zero-order chi connectivity index (χ0) is 18.9. The predicted molar refractivity (Wildman–Crippen MR) is 101 cm³/mol. The second-order valence-electron chi connectivity index (χ2n) is 7.22. The smallest absolute Gasteiger partial charge is 0.240 e. The first-order valence-corrected chi connectivity index (χ1v) is 9.56. The van der Waals surface area contributed by atoms with Crippen LogP contribution in [0.5, 0.6) is 5.75 Å². The highest BCUT2D eigenvalue weighted by Gasteiger charge is 2.46. The molecule has 0 radical (unpaired) electrons. The van der Waals surface area contributed by atoms with E-state index < -0.39 is 5.54 Å². The molecule has 2 atom stereocenters. The third-order valence-corrected chi connectivity index (χ3v) is 5.51. The van der Waals surface area contributed by atoms with Crippen LogP contribution in [0, 0.1) is 5.82 Å². The number of hydrogen-bond acceptors (Lipinski definition) is 4. The molecule has 5 nitrogen and oxygen atoms in total. The van der Waals surface area contributed by atoms with Crippen molar-refractivity contribution in [1.29, 1.82) is 0 Å². The van der Waals surface area contributed by atoms with Gasteiger partial charge >= 0.3 is 0 Å². The molecule has 0 unspecified atom stereocenters. The fourth-order valence-electron chi connectivity index (χ4n) is 4.13. The third-order valence-electron chi connectivity index (χ3n) is 5.51. The number of aromatic nitrogens is 1. The molecule has 27 heavy (non-hydrogen) atoms. The van der Waals surface area contributed by atoms with Crippen LogP contribution in [0.3, 0.4) is 0 Å². The summed E-state index contributed by atoms with van der Waals surface area (Å²) < 4.78 is 19.9. The summed E-state index contributed by atoms with van der Waals surface area (Å²) in [5.74, 6) is 0.435. The van der Waals surface area contributed by atoms with E-state index in [1.54, 1.807) is 24.4 Å². The van der Waals surface area contributed by atoms with Crippen LogP contribution in [0.1, 0.15) is 44.3 Å². The van der Waals surface area contributed by atoms with Crippen LogP contribution >= 0.6 is 0 Å². The van der Waals surface area contributed by atoms with Crippen molar-refractivity contribution in [3.05, 3.63) is 48.0 Å². The Kier molecular flexibility index (Phi) is 4.83. The second kappa shape index (κ2) is 7.27. The average Bonchev–Trinajstić information content (AvgIpc) is 3.11. The monoisotopic (exact) mass is 369 g/mol. The molecular weight excluding hydrogens is 345 g/mol. The fourth-order valence-corrected chi connectivity index (χ4v) is 4.13. The minimum atomic E-state index is -0.485. The first-order chi connectivity index (χ1) is 13.1. The molecule has 1 aromatic carbocycles. The van der Waals surface area contributed by atoms with Crippen molar-refractivity contribution in [3.63, 3.8) is 0 Å². The Morgan fingerprint density at radius 2 is 2.19 bits per heavy atom. The summed E-state index contributed by atoms with van der Waals surface area (Å²) in [5, 5.41) is 6.47. The summed E-state index contributed by atoms with van der Waals surface area (Å²) in [6, 6.07) is 8.48. The average molecular weight is 369 g/mol. The van der Waals surface area contributed by atoms with Gasteiger partial charge in [0.1, 0.15) is 11.6 Å². The highest BCUT2D eigenvalue weighted by molar-refractivity contribution is 5.87. The summed E-state index contributed by atoms with van der Waals surface area (Å²) in [4.78, 5) is 16.9. The van der Waals surface area contributed by atoms with Crippen LogP contribution in [-0.4, -0.2) is 29.6 Å². The number of hydrogen-bond donors (Lipinski definition) is 2. The molecule has 2 N–H and O–H groups in total. The molecule has 142 valence electrons. The molecule has 0 saturated carbocycles. The predicted octanol–water partition coefficient (Wildman–Crippen LogP) is 3.36. The van der Waals surface area contributed by atoms with Gasteiger partial charge in [-0.15, -0.1) is 0 Å². The van der Waals surface area contributed by atoms with Crippen molar-refractivity contribution in [3.8, 4) is 16.9 Å². The normalized spacial score (nSPS) is 24.8. The standard InChI is InChI=1S/C21H24FN3O2/c1-2-27-15-4-5-17(22)16(13-15)14-7-11-23-19(12-14)18-6-9-21(25-18)8-3-10-24-20(21)26/h4-5,7,11-13,18,25H,2-3,6,8-10H2,1H3,(H,24,26)/t18-,21-/m1/s1. The molecule has 2 aliphatic rings. The van der Waals surface area contributed by atoms with Crippen LogP contribution in [0.4, 0.5) is 4.39 Å². The minimum Gasteiger partial charge on any atom is -0.494 e. The number of nitrogens with one attached hydrogen (secondary N) is 2. The van der Waals surface area contributed by atoms with Crippen molar-refractivity contribution >= 4 is 5.91 Å². The molecule has 2 aliphatic heterocycles. The van der Waals surface area contributed by atoms with Gasteiger partial charge < -0.3 is 10.1 Å². The number of nitrogens with zero attached hydrogens (tertiary/aromatic N) is 1. The maximum atomic E-state index is 14.4. The SMILES string of the molecule is CCOc1ccc(F)c(-c2ccnc([C@H]3CC[C@@]4(CCCNC4=O)N3)c2)c1. The van der Waals surface area contributed by atoms with Crippen molar-refractivity contribution in [2.45, 2.75) is 44.2 Å². The van der Waals surface area contributed by atoms with E-state index in [1.807, 2.05) is 13.0 Å². The first-order valence-electron chi connectivity index (χ1n) is 9.56. The van der Waals surface area contributed by atoms with Gasteiger partial charge in [-0.2, -0.15) is 0 Å². The van der Waals surface area contributed by atoms with E-state index in [1.165, 1.54) is 6.07 Å². The van der Waals surface area contributed by atoms with E-state index in [4.69, 9.17) is 4.74 Å². The third kappa shape index (κ3) is 3.41. The van der Waals surface area contributed by atoms with Crippen LogP contribution in [0.2, 0.25) is 0 Å². The van der Waals surface area contributed by atoms with Crippen molar-refractivity contribution in [2.24, 2.45) is 0 Å². The molecule has 1 amide bonds. The Hall–Kier alpha value is -2.47. The van der Waals surface area contributed by atoms with Gasteiger partial charge in [-0.25, -0.2) is 4.39 Å². The number of halogens is 1. The molecule has 3 heterocycles. The van der Waals surface area contributed by atoms with Gasteiger partial charge in [-0.3, -0.25) is 15.1 Å². The lowest BCUT2D eigenvalue weighted by Gasteiger charge is -2.33. The molecule has 2 fully saturated rings. The summed E-state index contributed by atoms with van der Waals surface area (Å²) in [7, 11) is 0. The summed E-state index contributed by atoms with van der Waals surface area (Å²) in [6.07, 6.45) is 5.16. The van der Waals surface area contributed by atoms with E-state index in [0.717, 1.165) is 43.5 Å². The molecular formula is C21H24FN3O2. The Balaban J connectivity index is 1.60. The maximum absolute atomic E-state index is 14.4. The number of carbonyl (C=O) groups is 1. The van der Waals surface area contributed by atoms with Gasteiger partial charge in [0, 0.05) is 18.3 Å². The molecule has 2 saturated heterocycles. The van der Waals surface area contributed by atoms with Crippen molar-refractivity contribution in [2.75, 3.05) is 13.2 Å². The quantitative estimate of drug-likeness (QED) is 0.868. The maximum Gasteiger partial charge on any atom is 0.240 e. The molecule has 1 spiro atoms. The molecule has 1 aromatic heterocycles. The number of ether oxygens (including phenoxy) is 1. The van der Waals surface area contributed by atoms with E-state index in [2.05, 4.69) is 15.6 Å². The van der Waals surface area contributed by atoms with Crippen molar-refractivity contribution < 1.29 is 13.9 Å². The number of pyridine rings is 1. The van der Waals surface area contributed by atoms with Gasteiger partial charge in [0.05, 0.1) is 23.9 Å². The van der Waals surface area contributed by atoms with Gasteiger partial charge in [-0.05, 0) is 68.5 Å². The number of rotatable bonds is 4. The number of benzene rings is 1. The van der Waals surface area contributed by atoms with E-state index in [-0.39, 0.29) is 17.8 Å². The van der Waals surface area contributed by atoms with Crippen LogP contribution in [0.25, 0.3) is 11.1 Å². The highest BCUT2D eigenvalue weighted by atomic mass is 19.1. The second-order valence-corrected chi connectivity index (χ2v) is 7.22. The zero-order valence-electron chi connectivity index (χ0n) is 15.4. The van der Waals surface area contributed by atoms with E-state index in [9.17, 15) is 9.18 Å². The van der Waals surface area contributed by atoms with Crippen molar-refractivity contribution in [1.82, 2.24) is 15.6 Å². The molecule has 2 aromatic rings. The van der Waals surface area contributed by atoms with Crippen LogP contribution < -0.4 is 15.4 Å². The van der Waals surface area contributed by atoms with Crippen LogP contribution in [0.15, 0.2) is 36.5 Å². The fraction of sp³-hybridized carbons (Fsp3) is 0.429. The summed E-state index contributed by atoms with van der Waals surface area (Å²) >= 11 is 0. The summed E-state index contributed by atoms with van der Waals surface area (Å²) in [6.45, 7) is 3.18. The number of amides is 1.